The Balaban J connectivity index is 2.52. The number of hydrogen-bond acceptors (Lipinski definition) is 5. The van der Waals surface area contributed by atoms with Crippen molar-refractivity contribution in [3.63, 3.8) is 0 Å². The molecule has 0 radical (unpaired) electrons. The number of carboxylic acids is 2. The van der Waals surface area contributed by atoms with E-state index < -0.39 is 28.4 Å². The maximum Gasteiger partial charge on any atom is 0.337 e. The maximum absolute atomic E-state index is 13.3. The Kier molecular flexibility index (Phi) is 4.21. The van der Waals surface area contributed by atoms with Crippen LogP contribution in [0.15, 0.2) is 36.4 Å². The first-order valence-corrected chi connectivity index (χ1v) is 6.11. The predicted octanol–water partition coefficient (Wildman–Crippen LogP) is 2.87. The van der Waals surface area contributed by atoms with Gasteiger partial charge >= 0.3 is 11.9 Å². The van der Waals surface area contributed by atoms with Gasteiger partial charge in [0.15, 0.2) is 0 Å². The molecule has 0 saturated heterocycles. The van der Waals surface area contributed by atoms with Crippen LogP contribution in [0.4, 0.5) is 21.5 Å². The van der Waals surface area contributed by atoms with Gasteiger partial charge in [0, 0.05) is 6.07 Å². The van der Waals surface area contributed by atoms with Crippen LogP contribution >= 0.6 is 0 Å². The first-order valence-electron chi connectivity index (χ1n) is 6.11. The summed E-state index contributed by atoms with van der Waals surface area (Å²) >= 11 is 0. The molecule has 0 aromatic heterocycles. The standard InChI is InChI=1S/C14H9FN2O6/c15-8-2-3-9(14(20)21)11(6-8)16-10-4-1-7(13(18)19)5-12(10)17(22)23/h1-6,16H,(H,18,19)(H,20,21). The molecule has 0 aliphatic rings. The lowest BCUT2D eigenvalue weighted by atomic mass is 10.1. The molecular weight excluding hydrogens is 311 g/mol. The van der Waals surface area contributed by atoms with Gasteiger partial charge in [-0.2, -0.15) is 0 Å². The van der Waals surface area contributed by atoms with Crippen LogP contribution in [0.5, 0.6) is 0 Å². The second-order valence-electron chi connectivity index (χ2n) is 4.41. The van der Waals surface area contributed by atoms with Crippen molar-refractivity contribution >= 4 is 29.0 Å². The van der Waals surface area contributed by atoms with E-state index in [1.54, 1.807) is 0 Å². The molecule has 23 heavy (non-hydrogen) atoms. The summed E-state index contributed by atoms with van der Waals surface area (Å²) in [5.74, 6) is -3.43. The number of rotatable bonds is 5. The Bertz CT molecular complexity index is 821. The maximum atomic E-state index is 13.3. The topological polar surface area (TPSA) is 130 Å². The van der Waals surface area contributed by atoms with Crippen molar-refractivity contribution in [2.24, 2.45) is 0 Å². The summed E-state index contributed by atoms with van der Waals surface area (Å²) in [5, 5.41) is 31.4. The molecular formula is C14H9FN2O6. The van der Waals surface area contributed by atoms with E-state index in [1.165, 1.54) is 0 Å². The highest BCUT2D eigenvalue weighted by Gasteiger charge is 2.19. The molecule has 0 aliphatic heterocycles. The zero-order chi connectivity index (χ0) is 17.1. The molecule has 0 saturated carbocycles. The Hall–Kier alpha value is -3.49. The number of carboxylic acid groups (broad SMARTS) is 2. The van der Waals surface area contributed by atoms with E-state index >= 15 is 0 Å². The summed E-state index contributed by atoms with van der Waals surface area (Å²) in [6.07, 6.45) is 0. The number of hydrogen-bond donors (Lipinski definition) is 3. The molecule has 0 aliphatic carbocycles. The summed E-state index contributed by atoms with van der Waals surface area (Å²) in [6.45, 7) is 0. The monoisotopic (exact) mass is 320 g/mol. The minimum Gasteiger partial charge on any atom is -0.478 e. The number of carbonyl (C=O) groups is 2. The fraction of sp³-hybridized carbons (Fsp3) is 0. The van der Waals surface area contributed by atoms with Crippen molar-refractivity contribution < 1.29 is 29.1 Å². The van der Waals surface area contributed by atoms with Gasteiger partial charge in [0.05, 0.1) is 21.7 Å². The van der Waals surface area contributed by atoms with Crippen LogP contribution in [0, 0.1) is 15.9 Å². The molecule has 0 heterocycles. The Labute approximate surface area is 127 Å². The fourth-order valence-corrected chi connectivity index (χ4v) is 1.87. The molecule has 8 nitrogen and oxygen atoms in total. The van der Waals surface area contributed by atoms with E-state index in [9.17, 15) is 24.1 Å². The van der Waals surface area contributed by atoms with Crippen molar-refractivity contribution in [3.8, 4) is 0 Å². The zero-order valence-corrected chi connectivity index (χ0v) is 11.3. The first kappa shape index (κ1) is 15.9. The fourth-order valence-electron chi connectivity index (χ4n) is 1.87. The van der Waals surface area contributed by atoms with Crippen molar-refractivity contribution in [2.75, 3.05) is 5.32 Å². The quantitative estimate of drug-likeness (QED) is 0.570. The van der Waals surface area contributed by atoms with Crippen LogP contribution in [-0.2, 0) is 0 Å². The summed E-state index contributed by atoms with van der Waals surface area (Å²) < 4.78 is 13.3. The van der Waals surface area contributed by atoms with Crippen LogP contribution in [0.1, 0.15) is 20.7 Å². The molecule has 0 unspecified atom stereocenters. The van der Waals surface area contributed by atoms with Crippen LogP contribution < -0.4 is 5.32 Å². The van der Waals surface area contributed by atoms with Gasteiger partial charge < -0.3 is 15.5 Å². The molecule has 3 N–H and O–H groups in total. The van der Waals surface area contributed by atoms with Crippen LogP contribution in [0.25, 0.3) is 0 Å². The highest BCUT2D eigenvalue weighted by Crippen LogP contribution is 2.30. The van der Waals surface area contributed by atoms with E-state index in [1.807, 2.05) is 0 Å². The number of nitrogens with one attached hydrogen (secondary N) is 1. The smallest absolute Gasteiger partial charge is 0.337 e. The number of halogens is 1. The minimum absolute atomic E-state index is 0.159. The summed E-state index contributed by atoms with van der Waals surface area (Å²) in [6, 6.07) is 5.87. The second kappa shape index (κ2) is 6.10. The SMILES string of the molecule is O=C(O)c1ccc(Nc2cc(F)ccc2C(=O)O)c([N+](=O)[O-])c1. The highest BCUT2D eigenvalue weighted by atomic mass is 19.1. The first-order chi connectivity index (χ1) is 10.8. The second-order valence-corrected chi connectivity index (χ2v) is 4.41. The van der Waals surface area contributed by atoms with E-state index in [2.05, 4.69) is 5.32 Å². The van der Waals surface area contributed by atoms with E-state index in [0.717, 1.165) is 36.4 Å². The molecule has 0 atom stereocenters. The van der Waals surface area contributed by atoms with E-state index in [0.29, 0.717) is 0 Å². The number of nitro groups is 1. The van der Waals surface area contributed by atoms with Gasteiger partial charge in [-0.1, -0.05) is 0 Å². The van der Waals surface area contributed by atoms with Gasteiger partial charge in [-0.05, 0) is 30.3 Å². The summed E-state index contributed by atoms with van der Waals surface area (Å²) in [5.41, 5.74) is -1.52. The Morgan fingerprint density at radius 2 is 1.74 bits per heavy atom. The van der Waals surface area contributed by atoms with Crippen LogP contribution in [0.3, 0.4) is 0 Å². The van der Waals surface area contributed by atoms with Gasteiger partial charge in [0.2, 0.25) is 0 Å². The minimum atomic E-state index is -1.35. The molecule has 2 aromatic carbocycles. The van der Waals surface area contributed by atoms with E-state index in [4.69, 9.17) is 10.2 Å². The highest BCUT2D eigenvalue weighted by molar-refractivity contribution is 5.96. The van der Waals surface area contributed by atoms with Gasteiger partial charge in [0.25, 0.3) is 5.69 Å². The molecule has 0 amide bonds. The third-order valence-corrected chi connectivity index (χ3v) is 2.92. The summed E-state index contributed by atoms with van der Waals surface area (Å²) in [4.78, 5) is 32.2. The van der Waals surface area contributed by atoms with Crippen molar-refractivity contribution in [3.05, 3.63) is 63.5 Å². The number of anilines is 2. The van der Waals surface area contributed by atoms with Crippen LogP contribution in [0.2, 0.25) is 0 Å². The lowest BCUT2D eigenvalue weighted by molar-refractivity contribution is -0.383. The average molecular weight is 320 g/mol. The molecule has 2 aromatic rings. The predicted molar refractivity (Wildman–Crippen MR) is 76.7 cm³/mol. The molecule has 0 spiro atoms. The van der Waals surface area contributed by atoms with Gasteiger partial charge in [-0.15, -0.1) is 0 Å². The number of aromatic carboxylic acids is 2. The van der Waals surface area contributed by atoms with Gasteiger partial charge in [-0.25, -0.2) is 14.0 Å². The molecule has 118 valence electrons. The Morgan fingerprint density at radius 3 is 2.30 bits per heavy atom. The molecule has 2 rings (SSSR count). The lowest BCUT2D eigenvalue weighted by Crippen LogP contribution is -2.06. The average Bonchev–Trinajstić information content (AvgIpc) is 2.46. The Morgan fingerprint density at radius 1 is 1.04 bits per heavy atom. The van der Waals surface area contributed by atoms with Crippen molar-refractivity contribution in [2.45, 2.75) is 0 Å². The van der Waals surface area contributed by atoms with Gasteiger partial charge in [-0.3, -0.25) is 10.1 Å². The zero-order valence-electron chi connectivity index (χ0n) is 11.3. The van der Waals surface area contributed by atoms with Crippen molar-refractivity contribution in [1.29, 1.82) is 0 Å². The van der Waals surface area contributed by atoms with Crippen molar-refractivity contribution in [1.82, 2.24) is 0 Å². The largest absolute Gasteiger partial charge is 0.478 e. The number of nitro benzene ring substituents is 1. The van der Waals surface area contributed by atoms with Gasteiger partial charge in [0.1, 0.15) is 11.5 Å². The molecule has 0 bridgehead atoms. The molecule has 0 fully saturated rings. The van der Waals surface area contributed by atoms with E-state index in [-0.39, 0.29) is 22.5 Å². The number of nitrogens with zero attached hydrogens (tertiary/aromatic N) is 1. The normalized spacial score (nSPS) is 10.1. The molecule has 9 heteroatoms. The number of benzene rings is 2. The summed E-state index contributed by atoms with van der Waals surface area (Å²) in [7, 11) is 0. The third-order valence-electron chi connectivity index (χ3n) is 2.92. The third kappa shape index (κ3) is 3.40. The lowest BCUT2D eigenvalue weighted by Gasteiger charge is -2.10. The van der Waals surface area contributed by atoms with Crippen LogP contribution in [-0.4, -0.2) is 27.1 Å².